The zero-order valence-electron chi connectivity index (χ0n) is 9.63. The zero-order valence-corrected chi connectivity index (χ0v) is 9.63. The molecule has 3 heterocycles. The highest BCUT2D eigenvalue weighted by molar-refractivity contribution is 5.91. The molecule has 0 atom stereocenters. The van der Waals surface area contributed by atoms with Crippen LogP contribution in [-0.2, 0) is 6.54 Å². The minimum Gasteiger partial charge on any atom is -0.345 e. The lowest BCUT2D eigenvalue weighted by molar-refractivity contribution is 0.0945. The van der Waals surface area contributed by atoms with E-state index in [0.717, 1.165) is 18.8 Å². The summed E-state index contributed by atoms with van der Waals surface area (Å²) in [5.74, 6) is -0.233. The van der Waals surface area contributed by atoms with Crippen molar-refractivity contribution >= 4 is 5.91 Å². The fraction of sp³-hybridized carbons (Fsp3) is 0.400. The van der Waals surface area contributed by atoms with Crippen molar-refractivity contribution in [1.82, 2.24) is 35.8 Å². The molecule has 8 heteroatoms. The van der Waals surface area contributed by atoms with Gasteiger partial charge < -0.3 is 10.6 Å². The SMILES string of the molecule is O=C(NCc1ccn[nH]1)c1cn(C2CNC2)nn1. The Kier molecular flexibility index (Phi) is 2.77. The van der Waals surface area contributed by atoms with Crippen LogP contribution in [0.2, 0.25) is 0 Å². The normalized spacial score (nSPS) is 15.3. The molecule has 1 aliphatic heterocycles. The van der Waals surface area contributed by atoms with Crippen molar-refractivity contribution in [3.05, 3.63) is 29.8 Å². The maximum absolute atomic E-state index is 11.8. The van der Waals surface area contributed by atoms with E-state index < -0.39 is 0 Å². The maximum atomic E-state index is 11.8. The number of nitrogens with one attached hydrogen (secondary N) is 3. The first-order valence-electron chi connectivity index (χ1n) is 5.72. The summed E-state index contributed by atoms with van der Waals surface area (Å²) in [6, 6.07) is 2.11. The van der Waals surface area contributed by atoms with Crippen LogP contribution in [0.4, 0.5) is 0 Å². The van der Waals surface area contributed by atoms with E-state index in [1.54, 1.807) is 23.1 Å². The topological polar surface area (TPSA) is 101 Å². The Morgan fingerprint density at radius 1 is 1.56 bits per heavy atom. The molecule has 3 rings (SSSR count). The number of nitrogens with zero attached hydrogens (tertiary/aromatic N) is 4. The largest absolute Gasteiger partial charge is 0.345 e. The number of hydrogen-bond donors (Lipinski definition) is 3. The molecular weight excluding hydrogens is 234 g/mol. The van der Waals surface area contributed by atoms with Gasteiger partial charge in [-0.1, -0.05) is 5.21 Å². The third-order valence-electron chi connectivity index (χ3n) is 2.87. The molecule has 1 fully saturated rings. The minimum absolute atomic E-state index is 0.233. The van der Waals surface area contributed by atoms with Crippen molar-refractivity contribution in [2.75, 3.05) is 13.1 Å². The van der Waals surface area contributed by atoms with Crippen molar-refractivity contribution in [2.24, 2.45) is 0 Å². The lowest BCUT2D eigenvalue weighted by Gasteiger charge is -2.26. The Hall–Kier alpha value is -2.22. The molecule has 0 aromatic carbocycles. The van der Waals surface area contributed by atoms with Gasteiger partial charge in [-0.25, -0.2) is 4.68 Å². The molecule has 1 amide bonds. The molecular formula is C10H13N7O. The van der Waals surface area contributed by atoms with Crippen LogP contribution < -0.4 is 10.6 Å². The molecule has 2 aromatic heterocycles. The van der Waals surface area contributed by atoms with Gasteiger partial charge in [0.2, 0.25) is 0 Å². The van der Waals surface area contributed by atoms with Crippen LogP contribution in [0.3, 0.4) is 0 Å². The van der Waals surface area contributed by atoms with Gasteiger partial charge in [-0.2, -0.15) is 5.10 Å². The Morgan fingerprint density at radius 2 is 2.44 bits per heavy atom. The predicted molar refractivity (Wildman–Crippen MR) is 61.7 cm³/mol. The lowest BCUT2D eigenvalue weighted by Crippen LogP contribution is -2.43. The van der Waals surface area contributed by atoms with Crippen LogP contribution in [0.15, 0.2) is 18.5 Å². The zero-order chi connectivity index (χ0) is 12.4. The van der Waals surface area contributed by atoms with E-state index >= 15 is 0 Å². The third kappa shape index (κ3) is 2.09. The molecule has 1 aliphatic rings. The molecule has 1 saturated heterocycles. The number of aromatic nitrogens is 5. The molecule has 8 nitrogen and oxygen atoms in total. The number of hydrogen-bond acceptors (Lipinski definition) is 5. The number of carbonyl (C=O) groups is 1. The van der Waals surface area contributed by atoms with Gasteiger partial charge in [0.05, 0.1) is 24.5 Å². The van der Waals surface area contributed by atoms with Crippen LogP contribution >= 0.6 is 0 Å². The molecule has 0 spiro atoms. The Balaban J connectivity index is 1.59. The Labute approximate surface area is 103 Å². The molecule has 0 aliphatic carbocycles. The first-order chi connectivity index (χ1) is 8.83. The molecule has 2 aromatic rings. The van der Waals surface area contributed by atoms with Crippen LogP contribution in [0.25, 0.3) is 0 Å². The predicted octanol–water partition coefficient (Wildman–Crippen LogP) is -0.924. The summed E-state index contributed by atoms with van der Waals surface area (Å²) in [7, 11) is 0. The van der Waals surface area contributed by atoms with Gasteiger partial charge in [-0.15, -0.1) is 5.10 Å². The van der Waals surface area contributed by atoms with Gasteiger partial charge in [-0.3, -0.25) is 9.89 Å². The molecule has 0 radical (unpaired) electrons. The van der Waals surface area contributed by atoms with Gasteiger partial charge in [-0.05, 0) is 6.07 Å². The number of aromatic amines is 1. The minimum atomic E-state index is -0.233. The first kappa shape index (κ1) is 10.9. The molecule has 0 saturated carbocycles. The highest BCUT2D eigenvalue weighted by Gasteiger charge is 2.21. The Bertz CT molecular complexity index is 528. The lowest BCUT2D eigenvalue weighted by atomic mass is 10.2. The second-order valence-corrected chi connectivity index (χ2v) is 4.16. The van der Waals surface area contributed by atoms with Gasteiger partial charge in [0.25, 0.3) is 5.91 Å². The number of amides is 1. The summed E-state index contributed by atoms with van der Waals surface area (Å²) >= 11 is 0. The van der Waals surface area contributed by atoms with Gasteiger partial charge >= 0.3 is 0 Å². The first-order valence-corrected chi connectivity index (χ1v) is 5.72. The highest BCUT2D eigenvalue weighted by Crippen LogP contribution is 2.09. The van der Waals surface area contributed by atoms with E-state index in [1.165, 1.54) is 0 Å². The van der Waals surface area contributed by atoms with Crippen molar-refractivity contribution in [2.45, 2.75) is 12.6 Å². The fourth-order valence-electron chi connectivity index (χ4n) is 1.67. The Morgan fingerprint density at radius 3 is 3.11 bits per heavy atom. The third-order valence-corrected chi connectivity index (χ3v) is 2.87. The van der Waals surface area contributed by atoms with Gasteiger partial charge in [0.15, 0.2) is 5.69 Å². The monoisotopic (exact) mass is 247 g/mol. The quantitative estimate of drug-likeness (QED) is 0.648. The smallest absolute Gasteiger partial charge is 0.273 e. The van der Waals surface area contributed by atoms with E-state index in [1.807, 2.05) is 0 Å². The second kappa shape index (κ2) is 4.57. The van der Waals surface area contributed by atoms with Gasteiger partial charge in [0.1, 0.15) is 0 Å². The van der Waals surface area contributed by atoms with Gasteiger partial charge in [0, 0.05) is 19.3 Å². The summed E-state index contributed by atoms with van der Waals surface area (Å²) in [5, 5.41) is 20.3. The van der Waals surface area contributed by atoms with Crippen LogP contribution in [0.5, 0.6) is 0 Å². The molecule has 94 valence electrons. The van der Waals surface area contributed by atoms with Crippen LogP contribution in [-0.4, -0.2) is 44.2 Å². The van der Waals surface area contributed by atoms with Crippen molar-refractivity contribution in [3.8, 4) is 0 Å². The van der Waals surface area contributed by atoms with E-state index in [0.29, 0.717) is 18.3 Å². The van der Waals surface area contributed by atoms with Crippen LogP contribution in [0.1, 0.15) is 22.2 Å². The second-order valence-electron chi connectivity index (χ2n) is 4.16. The molecule has 3 N–H and O–H groups in total. The average Bonchev–Trinajstić information content (AvgIpc) is 2.94. The summed E-state index contributed by atoms with van der Waals surface area (Å²) in [4.78, 5) is 11.8. The summed E-state index contributed by atoms with van der Waals surface area (Å²) in [6.45, 7) is 2.15. The summed E-state index contributed by atoms with van der Waals surface area (Å²) in [6.07, 6.45) is 3.31. The summed E-state index contributed by atoms with van der Waals surface area (Å²) < 4.78 is 1.72. The fourth-order valence-corrected chi connectivity index (χ4v) is 1.67. The van der Waals surface area contributed by atoms with E-state index in [-0.39, 0.29) is 5.91 Å². The number of carbonyl (C=O) groups excluding carboxylic acids is 1. The molecule has 0 bridgehead atoms. The van der Waals surface area contributed by atoms with Crippen molar-refractivity contribution < 1.29 is 4.79 Å². The maximum Gasteiger partial charge on any atom is 0.273 e. The summed E-state index contributed by atoms with van der Waals surface area (Å²) in [5.41, 5.74) is 1.18. The molecule has 18 heavy (non-hydrogen) atoms. The van der Waals surface area contributed by atoms with E-state index in [9.17, 15) is 4.79 Å². The van der Waals surface area contributed by atoms with Crippen molar-refractivity contribution in [1.29, 1.82) is 0 Å². The standard InChI is InChI=1S/C10H13N7O/c18-10(12-3-7-1-2-13-14-7)9-6-17(16-15-9)8-4-11-5-8/h1-2,6,8,11H,3-5H2,(H,12,18)(H,13,14). The average molecular weight is 247 g/mol. The number of H-pyrrole nitrogens is 1. The van der Waals surface area contributed by atoms with Crippen molar-refractivity contribution in [3.63, 3.8) is 0 Å². The van der Waals surface area contributed by atoms with E-state index in [2.05, 4.69) is 31.1 Å². The molecule has 0 unspecified atom stereocenters. The highest BCUT2D eigenvalue weighted by atomic mass is 16.2. The van der Waals surface area contributed by atoms with E-state index in [4.69, 9.17) is 0 Å². The number of rotatable bonds is 4. The van der Waals surface area contributed by atoms with Crippen LogP contribution in [0, 0.1) is 0 Å².